The predicted molar refractivity (Wildman–Crippen MR) is 68.9 cm³/mol. The van der Waals surface area contributed by atoms with Crippen LogP contribution in [0.15, 0.2) is 0 Å². The summed E-state index contributed by atoms with van der Waals surface area (Å²) >= 11 is 0. The minimum Gasteiger partial charge on any atom is -0.466 e. The number of ether oxygens (including phenoxy) is 2. The number of carbonyl (C=O) groups excluding carboxylic acids is 2. The molecule has 0 amide bonds. The van der Waals surface area contributed by atoms with Gasteiger partial charge in [-0.15, -0.1) is 0 Å². The van der Waals surface area contributed by atoms with Gasteiger partial charge >= 0.3 is 11.9 Å². The molecule has 1 saturated heterocycles. The van der Waals surface area contributed by atoms with Crippen molar-refractivity contribution in [1.29, 1.82) is 0 Å². The van der Waals surface area contributed by atoms with Crippen LogP contribution in [0, 0.1) is 0 Å². The summed E-state index contributed by atoms with van der Waals surface area (Å²) in [5.41, 5.74) is 0. The fraction of sp³-hybridized carbons (Fsp3) is 0.833. The Labute approximate surface area is 109 Å². The van der Waals surface area contributed by atoms with E-state index in [2.05, 4.69) is 0 Å². The molecule has 1 rings (SSSR count). The molecule has 108 valence electrons. The maximum Gasteiger partial charge on any atom is 0.305 e. The quantitative estimate of drug-likeness (QED) is 0.646. The average Bonchev–Trinajstić information content (AvgIpc) is 2.27. The number of hydrogen-bond donors (Lipinski definition) is 2. The van der Waals surface area contributed by atoms with Gasteiger partial charge in [-0.05, 0) is 38.5 Å². The molecule has 1 fully saturated rings. The van der Waals surface area contributed by atoms with Crippen molar-refractivity contribution in [1.82, 2.24) is 12.3 Å². The van der Waals surface area contributed by atoms with E-state index in [9.17, 15) is 9.59 Å². The minimum absolute atomic E-state index is 0. The molecule has 6 heteroatoms. The maximum atomic E-state index is 11.2. The Bertz CT molecular complexity index is 210. The van der Waals surface area contributed by atoms with Crippen molar-refractivity contribution in [2.24, 2.45) is 0 Å². The molecule has 0 atom stereocenters. The van der Waals surface area contributed by atoms with Gasteiger partial charge in [-0.25, -0.2) is 0 Å². The molecule has 0 radical (unpaired) electrons. The first kappa shape index (κ1) is 19.2. The Kier molecular flexibility index (Phi) is 13.1. The molecule has 0 bridgehead atoms. The van der Waals surface area contributed by atoms with E-state index in [0.29, 0.717) is 38.9 Å². The van der Waals surface area contributed by atoms with Crippen LogP contribution in [0.4, 0.5) is 0 Å². The second-order valence-corrected chi connectivity index (χ2v) is 4.06. The highest BCUT2D eigenvalue weighted by Crippen LogP contribution is 2.07. The molecule has 18 heavy (non-hydrogen) atoms. The molecular formula is C12H26N2O4. The van der Waals surface area contributed by atoms with Crippen LogP contribution >= 0.6 is 0 Å². The van der Waals surface area contributed by atoms with Crippen molar-refractivity contribution in [3.05, 3.63) is 0 Å². The number of hydrogen-bond acceptors (Lipinski definition) is 6. The largest absolute Gasteiger partial charge is 0.466 e. The van der Waals surface area contributed by atoms with Crippen LogP contribution in [0.3, 0.4) is 0 Å². The summed E-state index contributed by atoms with van der Waals surface area (Å²) in [5, 5.41) is 0. The average molecular weight is 262 g/mol. The second-order valence-electron chi connectivity index (χ2n) is 4.06. The number of rotatable bonds is 0. The summed E-state index contributed by atoms with van der Waals surface area (Å²) in [4.78, 5) is 22.4. The van der Waals surface area contributed by atoms with Gasteiger partial charge in [0.15, 0.2) is 0 Å². The molecule has 6 N–H and O–H groups in total. The van der Waals surface area contributed by atoms with E-state index in [1.165, 1.54) is 0 Å². The van der Waals surface area contributed by atoms with Gasteiger partial charge in [-0.1, -0.05) is 0 Å². The van der Waals surface area contributed by atoms with Gasteiger partial charge in [0.1, 0.15) is 0 Å². The van der Waals surface area contributed by atoms with Gasteiger partial charge < -0.3 is 21.8 Å². The SMILES string of the molecule is N.N.O=C1CCCCC(=O)OCCCCCCO1. The molecule has 0 unspecified atom stereocenters. The lowest BCUT2D eigenvalue weighted by Crippen LogP contribution is -2.09. The smallest absolute Gasteiger partial charge is 0.305 e. The van der Waals surface area contributed by atoms with Crippen molar-refractivity contribution >= 4 is 11.9 Å². The zero-order valence-electron chi connectivity index (χ0n) is 11.1. The lowest BCUT2D eigenvalue weighted by atomic mass is 10.2. The van der Waals surface area contributed by atoms with E-state index in [-0.39, 0.29) is 24.2 Å². The molecule has 0 aromatic rings. The molecule has 0 saturated carbocycles. The van der Waals surface area contributed by atoms with Crippen LogP contribution in [0.5, 0.6) is 0 Å². The Balaban J connectivity index is 0. The summed E-state index contributed by atoms with van der Waals surface area (Å²) in [6.07, 6.45) is 6.07. The van der Waals surface area contributed by atoms with Crippen molar-refractivity contribution in [2.45, 2.75) is 51.4 Å². The van der Waals surface area contributed by atoms with E-state index in [4.69, 9.17) is 9.47 Å². The molecule has 1 aliphatic rings. The third-order valence-corrected chi connectivity index (χ3v) is 2.58. The van der Waals surface area contributed by atoms with Crippen LogP contribution in [-0.4, -0.2) is 25.2 Å². The van der Waals surface area contributed by atoms with Crippen LogP contribution < -0.4 is 12.3 Å². The Morgan fingerprint density at radius 2 is 1.00 bits per heavy atom. The van der Waals surface area contributed by atoms with E-state index in [1.807, 2.05) is 0 Å². The summed E-state index contributed by atoms with van der Waals surface area (Å²) in [6, 6.07) is 0. The molecule has 6 nitrogen and oxygen atoms in total. The molecule has 0 aromatic heterocycles. The molecule has 1 heterocycles. The topological polar surface area (TPSA) is 123 Å². The molecule has 0 spiro atoms. The van der Waals surface area contributed by atoms with Gasteiger partial charge in [-0.2, -0.15) is 0 Å². The summed E-state index contributed by atoms with van der Waals surface area (Å²) in [5.74, 6) is -0.296. The normalized spacial score (nSPS) is 19.3. The first-order valence-corrected chi connectivity index (χ1v) is 6.10. The minimum atomic E-state index is -0.148. The van der Waals surface area contributed by atoms with Crippen LogP contribution in [0.25, 0.3) is 0 Å². The molecule has 1 aliphatic heterocycles. The van der Waals surface area contributed by atoms with Gasteiger partial charge in [0.05, 0.1) is 13.2 Å². The van der Waals surface area contributed by atoms with Gasteiger partial charge in [0, 0.05) is 12.8 Å². The molecular weight excluding hydrogens is 236 g/mol. The highest BCUT2D eigenvalue weighted by Gasteiger charge is 2.07. The third-order valence-electron chi connectivity index (χ3n) is 2.58. The van der Waals surface area contributed by atoms with Crippen molar-refractivity contribution in [3.63, 3.8) is 0 Å². The van der Waals surface area contributed by atoms with Gasteiger partial charge in [0.2, 0.25) is 0 Å². The van der Waals surface area contributed by atoms with Gasteiger partial charge in [0.25, 0.3) is 0 Å². The zero-order valence-corrected chi connectivity index (χ0v) is 11.1. The first-order chi connectivity index (χ1) is 7.79. The van der Waals surface area contributed by atoms with Crippen LogP contribution in [0.1, 0.15) is 51.4 Å². The van der Waals surface area contributed by atoms with Gasteiger partial charge in [-0.3, -0.25) is 9.59 Å². The Hall–Kier alpha value is -1.14. The predicted octanol–water partition coefficient (Wildman–Crippen LogP) is 2.53. The number of cyclic esters (lactones) is 2. The summed E-state index contributed by atoms with van der Waals surface area (Å²) < 4.78 is 10.1. The standard InChI is InChI=1S/C12H20O4.2H3N/c13-11-7-3-4-8-12(14)16-10-6-2-1-5-9-15-11;;/h1-10H2;2*1H3. The van der Waals surface area contributed by atoms with Crippen molar-refractivity contribution < 1.29 is 19.1 Å². The van der Waals surface area contributed by atoms with Crippen LogP contribution in [-0.2, 0) is 19.1 Å². The lowest BCUT2D eigenvalue weighted by Gasteiger charge is -2.07. The maximum absolute atomic E-state index is 11.2. The Morgan fingerprint density at radius 3 is 1.39 bits per heavy atom. The van der Waals surface area contributed by atoms with Crippen molar-refractivity contribution in [2.75, 3.05) is 13.2 Å². The summed E-state index contributed by atoms with van der Waals surface area (Å²) in [6.45, 7) is 1.05. The molecule has 0 aliphatic carbocycles. The number of carbonyl (C=O) groups is 2. The highest BCUT2D eigenvalue weighted by atomic mass is 16.5. The van der Waals surface area contributed by atoms with E-state index < -0.39 is 0 Å². The van der Waals surface area contributed by atoms with E-state index in [1.54, 1.807) is 0 Å². The lowest BCUT2D eigenvalue weighted by molar-refractivity contribution is -0.146. The van der Waals surface area contributed by atoms with E-state index in [0.717, 1.165) is 25.7 Å². The third kappa shape index (κ3) is 10.0. The fourth-order valence-electron chi connectivity index (χ4n) is 1.61. The summed E-state index contributed by atoms with van der Waals surface area (Å²) in [7, 11) is 0. The Morgan fingerprint density at radius 1 is 0.611 bits per heavy atom. The number of esters is 2. The first-order valence-electron chi connectivity index (χ1n) is 6.10. The van der Waals surface area contributed by atoms with E-state index >= 15 is 0 Å². The fourth-order valence-corrected chi connectivity index (χ4v) is 1.61. The van der Waals surface area contributed by atoms with Crippen molar-refractivity contribution in [3.8, 4) is 0 Å². The highest BCUT2D eigenvalue weighted by molar-refractivity contribution is 5.70. The monoisotopic (exact) mass is 262 g/mol. The molecule has 0 aromatic carbocycles. The second kappa shape index (κ2) is 12.3. The van der Waals surface area contributed by atoms with Crippen LogP contribution in [0.2, 0.25) is 0 Å². The zero-order chi connectivity index (χ0) is 11.6.